The van der Waals surface area contributed by atoms with Crippen molar-refractivity contribution in [3.05, 3.63) is 0 Å². The average Bonchev–Trinajstić information content (AvgIpc) is 2.56. The van der Waals surface area contributed by atoms with Crippen molar-refractivity contribution in [3.63, 3.8) is 0 Å². The zero-order chi connectivity index (χ0) is 11.7. The highest BCUT2D eigenvalue weighted by molar-refractivity contribution is 4.92. The fourth-order valence-electron chi connectivity index (χ4n) is 4.11. The summed E-state index contributed by atoms with van der Waals surface area (Å²) in [6, 6.07) is 1.64. The van der Waals surface area contributed by atoms with Crippen molar-refractivity contribution in [2.24, 2.45) is 11.8 Å². The normalized spacial score (nSPS) is 46.8. The van der Waals surface area contributed by atoms with Gasteiger partial charge in [-0.1, -0.05) is 19.8 Å². The topological polar surface area (TPSA) is 15.3 Å². The minimum Gasteiger partial charge on any atom is -0.310 e. The number of nitrogens with zero attached hydrogens (tertiary/aromatic N) is 1. The van der Waals surface area contributed by atoms with E-state index in [1.54, 1.807) is 0 Å². The standard InChI is InChI=1S/C15H28N2/c1-12-3-2-4-14(6-5-12)16-15-11-17-9-7-13(15)8-10-17/h12-16H,2-11H2,1H3. The van der Waals surface area contributed by atoms with E-state index in [0.29, 0.717) is 0 Å². The molecule has 3 saturated heterocycles. The highest BCUT2D eigenvalue weighted by Crippen LogP contribution is 2.29. The highest BCUT2D eigenvalue weighted by atomic mass is 15.2. The number of hydrogen-bond acceptors (Lipinski definition) is 2. The molecule has 17 heavy (non-hydrogen) atoms. The molecule has 1 aliphatic carbocycles. The molecule has 3 unspecified atom stereocenters. The Labute approximate surface area is 106 Å². The van der Waals surface area contributed by atoms with Crippen molar-refractivity contribution in [1.29, 1.82) is 0 Å². The molecule has 3 heterocycles. The lowest BCUT2D eigenvalue weighted by Gasteiger charge is -2.46. The van der Waals surface area contributed by atoms with Crippen molar-refractivity contribution in [2.45, 2.75) is 64.0 Å². The summed E-state index contributed by atoms with van der Waals surface area (Å²) in [4.78, 5) is 2.66. The van der Waals surface area contributed by atoms with E-state index >= 15 is 0 Å². The van der Waals surface area contributed by atoms with Crippen LogP contribution >= 0.6 is 0 Å². The maximum Gasteiger partial charge on any atom is 0.0226 e. The molecular weight excluding hydrogens is 208 g/mol. The first-order chi connectivity index (χ1) is 8.31. The predicted molar refractivity (Wildman–Crippen MR) is 72.1 cm³/mol. The van der Waals surface area contributed by atoms with Gasteiger partial charge < -0.3 is 10.2 Å². The van der Waals surface area contributed by atoms with Crippen molar-refractivity contribution < 1.29 is 0 Å². The number of hydrogen-bond donors (Lipinski definition) is 1. The first-order valence-electron chi connectivity index (χ1n) is 7.79. The molecule has 2 heteroatoms. The second-order valence-electron chi connectivity index (χ2n) is 6.72. The second kappa shape index (κ2) is 5.27. The average molecular weight is 236 g/mol. The van der Waals surface area contributed by atoms with Gasteiger partial charge in [-0.15, -0.1) is 0 Å². The first-order valence-corrected chi connectivity index (χ1v) is 7.79. The Morgan fingerprint density at radius 1 is 0.941 bits per heavy atom. The van der Waals surface area contributed by atoms with E-state index in [0.717, 1.165) is 23.9 Å². The lowest BCUT2D eigenvalue weighted by molar-refractivity contribution is 0.0658. The third-order valence-electron chi connectivity index (χ3n) is 5.36. The number of nitrogens with one attached hydrogen (secondary N) is 1. The maximum absolute atomic E-state index is 4.01. The monoisotopic (exact) mass is 236 g/mol. The van der Waals surface area contributed by atoms with Crippen molar-refractivity contribution in [3.8, 4) is 0 Å². The Bertz CT molecular complexity index is 245. The van der Waals surface area contributed by atoms with Crippen LogP contribution < -0.4 is 5.32 Å². The molecule has 1 N–H and O–H groups in total. The van der Waals surface area contributed by atoms with Crippen LogP contribution in [0.1, 0.15) is 51.9 Å². The van der Waals surface area contributed by atoms with Crippen LogP contribution in [0.15, 0.2) is 0 Å². The molecule has 0 aromatic rings. The molecule has 0 aromatic heterocycles. The summed E-state index contributed by atoms with van der Waals surface area (Å²) in [5.74, 6) is 1.95. The van der Waals surface area contributed by atoms with E-state index in [1.165, 1.54) is 64.6 Å². The van der Waals surface area contributed by atoms with E-state index in [9.17, 15) is 0 Å². The van der Waals surface area contributed by atoms with Gasteiger partial charge in [-0.05, 0) is 57.0 Å². The highest BCUT2D eigenvalue weighted by Gasteiger charge is 2.35. The van der Waals surface area contributed by atoms with Gasteiger partial charge >= 0.3 is 0 Å². The van der Waals surface area contributed by atoms with E-state index in [1.807, 2.05) is 0 Å². The molecule has 3 atom stereocenters. The van der Waals surface area contributed by atoms with E-state index in [-0.39, 0.29) is 0 Å². The molecule has 4 aliphatic rings. The number of rotatable bonds is 2. The third kappa shape index (κ3) is 2.85. The summed E-state index contributed by atoms with van der Waals surface area (Å²) >= 11 is 0. The molecule has 1 saturated carbocycles. The summed E-state index contributed by atoms with van der Waals surface area (Å²) in [6.07, 6.45) is 10.1. The Morgan fingerprint density at radius 2 is 1.76 bits per heavy atom. The molecule has 3 aliphatic heterocycles. The minimum absolute atomic E-state index is 0.816. The zero-order valence-corrected chi connectivity index (χ0v) is 11.3. The van der Waals surface area contributed by atoms with Gasteiger partial charge in [0.2, 0.25) is 0 Å². The van der Waals surface area contributed by atoms with Crippen LogP contribution in [0.25, 0.3) is 0 Å². The lowest BCUT2D eigenvalue weighted by Crippen LogP contribution is -2.58. The van der Waals surface area contributed by atoms with Crippen LogP contribution in [0.4, 0.5) is 0 Å². The molecule has 4 rings (SSSR count). The van der Waals surface area contributed by atoms with Gasteiger partial charge in [0.1, 0.15) is 0 Å². The molecule has 98 valence electrons. The van der Waals surface area contributed by atoms with Crippen molar-refractivity contribution in [1.82, 2.24) is 10.2 Å². The van der Waals surface area contributed by atoms with Crippen LogP contribution in [0.2, 0.25) is 0 Å². The summed E-state index contributed by atoms with van der Waals surface area (Å²) in [5, 5.41) is 4.01. The SMILES string of the molecule is CC1CCCC(NC2CN3CCC2CC3)CC1. The van der Waals surface area contributed by atoms with Gasteiger partial charge in [-0.2, -0.15) is 0 Å². The molecule has 0 radical (unpaired) electrons. The van der Waals surface area contributed by atoms with E-state index < -0.39 is 0 Å². The molecule has 0 amide bonds. The molecule has 0 spiro atoms. The van der Waals surface area contributed by atoms with Crippen LogP contribution in [0.3, 0.4) is 0 Å². The van der Waals surface area contributed by atoms with Gasteiger partial charge in [0.15, 0.2) is 0 Å². The molecule has 2 nitrogen and oxygen atoms in total. The number of fused-ring (bicyclic) bond motifs is 3. The van der Waals surface area contributed by atoms with Crippen LogP contribution in [0, 0.1) is 11.8 Å². The van der Waals surface area contributed by atoms with Gasteiger partial charge in [-0.25, -0.2) is 0 Å². The Kier molecular flexibility index (Phi) is 3.72. The molecule has 2 bridgehead atoms. The summed E-state index contributed by atoms with van der Waals surface area (Å²) in [5.41, 5.74) is 0. The summed E-state index contributed by atoms with van der Waals surface area (Å²) in [6.45, 7) is 6.49. The minimum atomic E-state index is 0.816. The van der Waals surface area contributed by atoms with Crippen LogP contribution in [-0.2, 0) is 0 Å². The quantitative estimate of drug-likeness (QED) is 0.742. The fourth-order valence-corrected chi connectivity index (χ4v) is 4.11. The van der Waals surface area contributed by atoms with Crippen LogP contribution in [-0.4, -0.2) is 36.6 Å². The fraction of sp³-hybridized carbons (Fsp3) is 1.00. The van der Waals surface area contributed by atoms with Crippen molar-refractivity contribution >= 4 is 0 Å². The van der Waals surface area contributed by atoms with Crippen molar-refractivity contribution in [2.75, 3.05) is 19.6 Å². The van der Waals surface area contributed by atoms with Crippen LogP contribution in [0.5, 0.6) is 0 Å². The molecule has 0 aromatic carbocycles. The van der Waals surface area contributed by atoms with Gasteiger partial charge in [-0.3, -0.25) is 0 Å². The third-order valence-corrected chi connectivity index (χ3v) is 5.36. The zero-order valence-electron chi connectivity index (χ0n) is 11.3. The smallest absolute Gasteiger partial charge is 0.0226 e. The predicted octanol–water partition coefficient (Wildman–Crippen LogP) is 2.64. The van der Waals surface area contributed by atoms with E-state index in [4.69, 9.17) is 0 Å². The Morgan fingerprint density at radius 3 is 2.47 bits per heavy atom. The van der Waals surface area contributed by atoms with Gasteiger partial charge in [0.05, 0.1) is 0 Å². The second-order valence-corrected chi connectivity index (χ2v) is 6.72. The number of piperidine rings is 3. The largest absolute Gasteiger partial charge is 0.310 e. The summed E-state index contributed by atoms with van der Waals surface area (Å²) in [7, 11) is 0. The molecule has 4 fully saturated rings. The van der Waals surface area contributed by atoms with Gasteiger partial charge in [0.25, 0.3) is 0 Å². The van der Waals surface area contributed by atoms with E-state index in [2.05, 4.69) is 17.1 Å². The summed E-state index contributed by atoms with van der Waals surface area (Å²) < 4.78 is 0. The van der Waals surface area contributed by atoms with Gasteiger partial charge in [0, 0.05) is 18.6 Å². The maximum atomic E-state index is 4.01. The molecular formula is C15H28N2. The Balaban J connectivity index is 1.52. The Hall–Kier alpha value is -0.0800. The first kappa shape index (κ1) is 12.0. The lowest BCUT2D eigenvalue weighted by atomic mass is 9.83.